The lowest BCUT2D eigenvalue weighted by Gasteiger charge is -2.11. The fourth-order valence-electron chi connectivity index (χ4n) is 1.76. The van der Waals surface area contributed by atoms with Crippen LogP contribution >= 0.6 is 11.3 Å². The molecule has 1 aromatic heterocycles. The SMILES string of the molecule is CN(C)CCOc1ccc(NC(=O)Cc2cccs2)cc1. The van der Waals surface area contributed by atoms with Crippen LogP contribution < -0.4 is 10.1 Å². The molecule has 1 N–H and O–H groups in total. The van der Waals surface area contributed by atoms with Crippen LogP contribution in [0.5, 0.6) is 5.75 Å². The van der Waals surface area contributed by atoms with E-state index in [4.69, 9.17) is 4.74 Å². The Hall–Kier alpha value is -1.85. The van der Waals surface area contributed by atoms with Crippen LogP contribution in [0.15, 0.2) is 41.8 Å². The minimum atomic E-state index is -0.00118. The van der Waals surface area contributed by atoms with Gasteiger partial charge in [0, 0.05) is 17.1 Å². The van der Waals surface area contributed by atoms with Crippen molar-refractivity contribution in [2.45, 2.75) is 6.42 Å². The highest BCUT2D eigenvalue weighted by Crippen LogP contribution is 2.16. The Kier molecular flexibility index (Phi) is 5.78. The third-order valence-corrected chi connectivity index (χ3v) is 3.74. The molecule has 2 aromatic rings. The Bertz CT molecular complexity index is 550. The summed E-state index contributed by atoms with van der Waals surface area (Å²) in [6, 6.07) is 11.4. The minimum Gasteiger partial charge on any atom is -0.492 e. The maximum Gasteiger partial charge on any atom is 0.229 e. The van der Waals surface area contributed by atoms with Crippen molar-refractivity contribution in [1.82, 2.24) is 4.90 Å². The van der Waals surface area contributed by atoms with E-state index in [-0.39, 0.29) is 5.91 Å². The number of carbonyl (C=O) groups is 1. The molecule has 0 aliphatic carbocycles. The fraction of sp³-hybridized carbons (Fsp3) is 0.312. The molecule has 112 valence electrons. The van der Waals surface area contributed by atoms with Gasteiger partial charge in [0.15, 0.2) is 0 Å². The highest BCUT2D eigenvalue weighted by molar-refractivity contribution is 7.10. The molecule has 0 radical (unpaired) electrons. The summed E-state index contributed by atoms with van der Waals surface area (Å²) in [5, 5.41) is 4.86. The van der Waals surface area contributed by atoms with Crippen LogP contribution in [0.3, 0.4) is 0 Å². The Labute approximate surface area is 129 Å². The van der Waals surface area contributed by atoms with Crippen molar-refractivity contribution in [2.24, 2.45) is 0 Å². The molecule has 0 saturated carbocycles. The number of thiophene rings is 1. The summed E-state index contributed by atoms with van der Waals surface area (Å²) in [6.07, 6.45) is 0.415. The lowest BCUT2D eigenvalue weighted by Crippen LogP contribution is -2.19. The normalized spacial score (nSPS) is 10.6. The first-order valence-corrected chi connectivity index (χ1v) is 7.71. The first-order valence-electron chi connectivity index (χ1n) is 6.83. The van der Waals surface area contributed by atoms with Crippen molar-refractivity contribution in [3.8, 4) is 5.75 Å². The predicted molar refractivity (Wildman–Crippen MR) is 87.1 cm³/mol. The molecule has 21 heavy (non-hydrogen) atoms. The van der Waals surface area contributed by atoms with E-state index in [0.717, 1.165) is 22.9 Å². The number of anilines is 1. The fourth-order valence-corrected chi connectivity index (χ4v) is 2.46. The number of hydrogen-bond donors (Lipinski definition) is 1. The number of rotatable bonds is 7. The standard InChI is InChI=1S/C16H20N2O2S/c1-18(2)9-10-20-14-7-5-13(6-8-14)17-16(19)12-15-4-3-11-21-15/h3-8,11H,9-10,12H2,1-2H3,(H,17,19). The maximum absolute atomic E-state index is 11.9. The third kappa shape index (κ3) is 5.57. The number of likely N-dealkylation sites (N-methyl/N-ethyl adjacent to an activating group) is 1. The van der Waals surface area contributed by atoms with Gasteiger partial charge >= 0.3 is 0 Å². The first kappa shape index (κ1) is 15.5. The topological polar surface area (TPSA) is 41.6 Å². The number of amides is 1. The highest BCUT2D eigenvalue weighted by Gasteiger charge is 2.05. The number of benzene rings is 1. The molecule has 5 heteroatoms. The van der Waals surface area contributed by atoms with E-state index in [1.807, 2.05) is 55.9 Å². The van der Waals surface area contributed by atoms with Gasteiger partial charge in [0.05, 0.1) is 6.42 Å². The summed E-state index contributed by atoms with van der Waals surface area (Å²) < 4.78 is 5.61. The van der Waals surface area contributed by atoms with Crippen molar-refractivity contribution >= 4 is 22.9 Å². The summed E-state index contributed by atoms with van der Waals surface area (Å²) >= 11 is 1.59. The molecule has 1 heterocycles. The Morgan fingerprint density at radius 2 is 2.00 bits per heavy atom. The minimum absolute atomic E-state index is 0.00118. The van der Waals surface area contributed by atoms with Crippen molar-refractivity contribution in [1.29, 1.82) is 0 Å². The zero-order valence-electron chi connectivity index (χ0n) is 12.3. The van der Waals surface area contributed by atoms with Crippen molar-refractivity contribution in [3.63, 3.8) is 0 Å². The van der Waals surface area contributed by atoms with E-state index in [9.17, 15) is 4.79 Å². The van der Waals surface area contributed by atoms with Gasteiger partial charge < -0.3 is 15.0 Å². The predicted octanol–water partition coefficient (Wildman–Crippen LogP) is 2.87. The van der Waals surface area contributed by atoms with Crippen LogP contribution in [0, 0.1) is 0 Å². The van der Waals surface area contributed by atoms with Gasteiger partial charge in [-0.1, -0.05) is 6.07 Å². The van der Waals surface area contributed by atoms with Gasteiger partial charge in [0.2, 0.25) is 5.91 Å². The molecule has 1 aromatic carbocycles. The van der Waals surface area contributed by atoms with E-state index >= 15 is 0 Å². The lowest BCUT2D eigenvalue weighted by atomic mass is 10.2. The van der Waals surface area contributed by atoms with Gasteiger partial charge in [-0.2, -0.15) is 0 Å². The van der Waals surface area contributed by atoms with Crippen molar-refractivity contribution < 1.29 is 9.53 Å². The second-order valence-corrected chi connectivity index (χ2v) is 6.01. The van der Waals surface area contributed by atoms with Gasteiger partial charge in [-0.15, -0.1) is 11.3 Å². The second kappa shape index (κ2) is 7.81. The van der Waals surface area contributed by atoms with Gasteiger partial charge in [0.25, 0.3) is 0 Å². The molecular formula is C16H20N2O2S. The molecule has 0 saturated heterocycles. The Morgan fingerprint density at radius 1 is 1.24 bits per heavy atom. The van der Waals surface area contributed by atoms with E-state index in [2.05, 4.69) is 10.2 Å². The van der Waals surface area contributed by atoms with Crippen LogP contribution in [0.25, 0.3) is 0 Å². The van der Waals surface area contributed by atoms with Crippen molar-refractivity contribution in [3.05, 3.63) is 46.7 Å². The van der Waals surface area contributed by atoms with E-state index in [0.29, 0.717) is 13.0 Å². The quantitative estimate of drug-likeness (QED) is 0.855. The Balaban J connectivity index is 1.80. The highest BCUT2D eigenvalue weighted by atomic mass is 32.1. The zero-order valence-corrected chi connectivity index (χ0v) is 13.2. The smallest absolute Gasteiger partial charge is 0.229 e. The number of hydrogen-bond acceptors (Lipinski definition) is 4. The van der Waals surface area contributed by atoms with Gasteiger partial charge in [-0.25, -0.2) is 0 Å². The molecule has 0 unspecified atom stereocenters. The van der Waals surface area contributed by atoms with Gasteiger partial charge in [-0.3, -0.25) is 4.79 Å². The molecule has 0 aliphatic rings. The average molecular weight is 304 g/mol. The summed E-state index contributed by atoms with van der Waals surface area (Å²) in [7, 11) is 4.02. The second-order valence-electron chi connectivity index (χ2n) is 4.98. The van der Waals surface area contributed by atoms with Crippen LogP contribution in [-0.2, 0) is 11.2 Å². The number of nitrogens with zero attached hydrogens (tertiary/aromatic N) is 1. The molecule has 0 fully saturated rings. The van der Waals surface area contributed by atoms with E-state index in [1.54, 1.807) is 11.3 Å². The summed E-state index contributed by atoms with van der Waals surface area (Å²) in [5.74, 6) is 0.812. The molecule has 1 amide bonds. The molecule has 0 aliphatic heterocycles. The monoisotopic (exact) mass is 304 g/mol. The van der Waals surface area contributed by atoms with Crippen LogP contribution in [0.1, 0.15) is 4.88 Å². The van der Waals surface area contributed by atoms with Crippen LogP contribution in [-0.4, -0.2) is 38.1 Å². The third-order valence-electron chi connectivity index (χ3n) is 2.86. The molecule has 4 nitrogen and oxygen atoms in total. The maximum atomic E-state index is 11.9. The number of nitrogens with one attached hydrogen (secondary N) is 1. The van der Waals surface area contributed by atoms with Crippen LogP contribution in [0.4, 0.5) is 5.69 Å². The first-order chi connectivity index (χ1) is 10.1. The summed E-state index contributed by atoms with van der Waals surface area (Å²) in [5.41, 5.74) is 0.788. The molecule has 0 atom stereocenters. The Morgan fingerprint density at radius 3 is 2.62 bits per heavy atom. The summed E-state index contributed by atoms with van der Waals surface area (Å²) in [4.78, 5) is 15.0. The molecule has 2 rings (SSSR count). The summed E-state index contributed by atoms with van der Waals surface area (Å²) in [6.45, 7) is 1.52. The zero-order chi connectivity index (χ0) is 15.1. The van der Waals surface area contributed by atoms with E-state index in [1.165, 1.54) is 0 Å². The van der Waals surface area contributed by atoms with E-state index < -0.39 is 0 Å². The molecule has 0 spiro atoms. The average Bonchev–Trinajstić information content (AvgIpc) is 2.93. The molecule has 0 bridgehead atoms. The van der Waals surface area contributed by atoms with Gasteiger partial charge in [-0.05, 0) is 49.8 Å². The lowest BCUT2D eigenvalue weighted by molar-refractivity contribution is -0.115. The number of ether oxygens (including phenoxy) is 1. The van der Waals surface area contributed by atoms with Crippen LogP contribution in [0.2, 0.25) is 0 Å². The largest absolute Gasteiger partial charge is 0.492 e. The van der Waals surface area contributed by atoms with Gasteiger partial charge in [0.1, 0.15) is 12.4 Å². The van der Waals surface area contributed by atoms with Crippen molar-refractivity contribution in [2.75, 3.05) is 32.6 Å². The molecular weight excluding hydrogens is 284 g/mol. The number of carbonyl (C=O) groups excluding carboxylic acids is 1.